The van der Waals surface area contributed by atoms with Crippen molar-refractivity contribution in [3.05, 3.63) is 69.2 Å². The third-order valence-corrected chi connectivity index (χ3v) is 4.55. The van der Waals surface area contributed by atoms with Crippen LogP contribution in [0, 0.1) is 6.92 Å². The molecule has 0 fully saturated rings. The number of hydrogen-bond acceptors (Lipinski definition) is 2. The van der Waals surface area contributed by atoms with E-state index in [1.54, 1.807) is 37.3 Å². The van der Waals surface area contributed by atoms with Crippen LogP contribution in [0.15, 0.2) is 36.4 Å². The molecular formula is C18H16ClNO3. The van der Waals surface area contributed by atoms with Crippen molar-refractivity contribution in [3.63, 3.8) is 0 Å². The lowest BCUT2D eigenvalue weighted by Crippen LogP contribution is -2.27. The first-order chi connectivity index (χ1) is 11.0. The predicted octanol–water partition coefficient (Wildman–Crippen LogP) is 3.76. The number of hydrogen-bond donors (Lipinski definition) is 2. The quantitative estimate of drug-likeness (QED) is 0.901. The molecule has 1 aliphatic carbocycles. The molecule has 2 aromatic rings. The average molecular weight is 330 g/mol. The van der Waals surface area contributed by atoms with Crippen LogP contribution < -0.4 is 5.32 Å². The van der Waals surface area contributed by atoms with Gasteiger partial charge in [-0.1, -0.05) is 29.8 Å². The molecule has 118 valence electrons. The summed E-state index contributed by atoms with van der Waals surface area (Å²) in [6.07, 6.45) is 1.58. The molecule has 0 aromatic heterocycles. The highest BCUT2D eigenvalue weighted by atomic mass is 35.5. The van der Waals surface area contributed by atoms with Gasteiger partial charge >= 0.3 is 5.97 Å². The van der Waals surface area contributed by atoms with Crippen LogP contribution in [0.5, 0.6) is 0 Å². The summed E-state index contributed by atoms with van der Waals surface area (Å²) in [5.41, 5.74) is 3.43. The van der Waals surface area contributed by atoms with E-state index in [1.807, 2.05) is 6.07 Å². The zero-order valence-electron chi connectivity index (χ0n) is 12.6. The van der Waals surface area contributed by atoms with Crippen molar-refractivity contribution in [2.45, 2.75) is 25.8 Å². The molecule has 1 atom stereocenters. The highest BCUT2D eigenvalue weighted by Gasteiger charge is 2.27. The molecule has 5 heteroatoms. The summed E-state index contributed by atoms with van der Waals surface area (Å²) < 4.78 is 0. The Morgan fingerprint density at radius 1 is 1.22 bits per heavy atom. The van der Waals surface area contributed by atoms with E-state index in [1.165, 1.54) is 0 Å². The van der Waals surface area contributed by atoms with Gasteiger partial charge in [0.1, 0.15) is 0 Å². The van der Waals surface area contributed by atoms with Crippen molar-refractivity contribution >= 4 is 23.5 Å². The molecule has 0 heterocycles. The molecule has 1 unspecified atom stereocenters. The minimum atomic E-state index is -0.951. The predicted molar refractivity (Wildman–Crippen MR) is 88.1 cm³/mol. The number of amides is 1. The highest BCUT2D eigenvalue weighted by molar-refractivity contribution is 6.33. The summed E-state index contributed by atoms with van der Waals surface area (Å²) in [7, 11) is 0. The maximum absolute atomic E-state index is 12.4. The van der Waals surface area contributed by atoms with Crippen LogP contribution in [-0.4, -0.2) is 17.0 Å². The maximum Gasteiger partial charge on any atom is 0.335 e. The summed E-state index contributed by atoms with van der Waals surface area (Å²) in [6.45, 7) is 1.79. The summed E-state index contributed by atoms with van der Waals surface area (Å²) >= 11 is 6.05. The molecule has 2 N–H and O–H groups in total. The van der Waals surface area contributed by atoms with E-state index >= 15 is 0 Å². The molecule has 4 nitrogen and oxygen atoms in total. The van der Waals surface area contributed by atoms with Gasteiger partial charge in [-0.25, -0.2) is 4.79 Å². The molecule has 0 radical (unpaired) electrons. The van der Waals surface area contributed by atoms with Gasteiger partial charge in [0.2, 0.25) is 0 Å². The Hall–Kier alpha value is -2.33. The minimum Gasteiger partial charge on any atom is -0.478 e. The molecule has 1 aliphatic rings. The molecule has 23 heavy (non-hydrogen) atoms. The number of fused-ring (bicyclic) bond motifs is 1. The van der Waals surface area contributed by atoms with E-state index in [9.17, 15) is 14.7 Å². The average Bonchev–Trinajstić information content (AvgIpc) is 2.88. The molecular weight excluding hydrogens is 314 g/mol. The van der Waals surface area contributed by atoms with Gasteiger partial charge in [-0.3, -0.25) is 4.79 Å². The Labute approximate surface area is 139 Å². The lowest BCUT2D eigenvalue weighted by molar-refractivity contribution is 0.0696. The molecule has 0 bridgehead atoms. The third kappa shape index (κ3) is 2.94. The van der Waals surface area contributed by atoms with E-state index in [4.69, 9.17) is 11.6 Å². The molecule has 1 amide bonds. The van der Waals surface area contributed by atoms with E-state index in [-0.39, 0.29) is 17.5 Å². The van der Waals surface area contributed by atoms with Gasteiger partial charge in [-0.05, 0) is 54.7 Å². The molecule has 3 rings (SSSR count). The van der Waals surface area contributed by atoms with Gasteiger partial charge in [-0.2, -0.15) is 0 Å². The zero-order chi connectivity index (χ0) is 16.6. The number of carboxylic acids is 1. The molecule has 2 aromatic carbocycles. The largest absolute Gasteiger partial charge is 0.478 e. The summed E-state index contributed by atoms with van der Waals surface area (Å²) in [5.74, 6) is -1.20. The monoisotopic (exact) mass is 329 g/mol. The number of carbonyl (C=O) groups is 2. The van der Waals surface area contributed by atoms with Crippen LogP contribution in [0.1, 0.15) is 49.9 Å². The number of halogens is 1. The Bertz CT molecular complexity index is 801. The van der Waals surface area contributed by atoms with Crippen LogP contribution in [0.3, 0.4) is 0 Å². The summed E-state index contributed by atoms with van der Waals surface area (Å²) in [6, 6.07) is 10.3. The zero-order valence-corrected chi connectivity index (χ0v) is 13.4. The van der Waals surface area contributed by atoms with E-state index < -0.39 is 5.97 Å². The summed E-state index contributed by atoms with van der Waals surface area (Å²) in [5, 5.41) is 12.6. The van der Waals surface area contributed by atoms with Crippen molar-refractivity contribution < 1.29 is 14.7 Å². The first-order valence-corrected chi connectivity index (χ1v) is 7.77. The third-order valence-electron chi connectivity index (χ3n) is 4.22. The van der Waals surface area contributed by atoms with E-state index in [0.29, 0.717) is 10.6 Å². The Morgan fingerprint density at radius 3 is 2.65 bits per heavy atom. The topological polar surface area (TPSA) is 66.4 Å². The molecule has 0 spiro atoms. The second-order valence-electron chi connectivity index (χ2n) is 5.72. The number of carbonyl (C=O) groups excluding carboxylic acids is 1. The van der Waals surface area contributed by atoms with Crippen LogP contribution >= 0.6 is 11.6 Å². The molecule has 0 saturated heterocycles. The van der Waals surface area contributed by atoms with Crippen LogP contribution in [0.25, 0.3) is 0 Å². The first-order valence-electron chi connectivity index (χ1n) is 7.39. The number of aryl methyl sites for hydroxylation is 2. The van der Waals surface area contributed by atoms with Crippen LogP contribution in [0.2, 0.25) is 5.02 Å². The summed E-state index contributed by atoms with van der Waals surface area (Å²) in [4.78, 5) is 23.7. The Kier molecular flexibility index (Phi) is 4.09. The van der Waals surface area contributed by atoms with E-state index in [2.05, 4.69) is 5.32 Å². The fraction of sp³-hybridized carbons (Fsp3) is 0.222. The number of aromatic carboxylic acids is 1. The van der Waals surface area contributed by atoms with Gasteiger partial charge in [0.05, 0.1) is 22.2 Å². The maximum atomic E-state index is 12.4. The van der Waals surface area contributed by atoms with E-state index in [0.717, 1.165) is 29.5 Å². The van der Waals surface area contributed by atoms with Gasteiger partial charge in [0.15, 0.2) is 0 Å². The molecule has 0 aliphatic heterocycles. The van der Waals surface area contributed by atoms with Crippen molar-refractivity contribution in [2.75, 3.05) is 0 Å². The van der Waals surface area contributed by atoms with Crippen molar-refractivity contribution in [2.24, 2.45) is 0 Å². The Balaban J connectivity index is 1.88. The van der Waals surface area contributed by atoms with Gasteiger partial charge in [0, 0.05) is 0 Å². The number of rotatable bonds is 3. The fourth-order valence-electron chi connectivity index (χ4n) is 3.04. The number of nitrogens with one attached hydrogen (secondary N) is 1. The standard InChI is InChI=1S/C18H16ClNO3/c1-10-8-11-6-7-16(14(11)9-13(10)18(22)23)20-17(21)12-4-2-3-5-15(12)19/h2-5,8-9,16H,6-7H2,1H3,(H,20,21)(H,22,23). The Morgan fingerprint density at radius 2 is 1.96 bits per heavy atom. The van der Waals surface area contributed by atoms with Crippen LogP contribution in [-0.2, 0) is 6.42 Å². The lowest BCUT2D eigenvalue weighted by Gasteiger charge is -2.16. The normalized spacial score (nSPS) is 16.0. The second-order valence-corrected chi connectivity index (χ2v) is 6.12. The number of carboxylic acid groups (broad SMARTS) is 1. The number of benzene rings is 2. The van der Waals surface area contributed by atoms with Gasteiger partial charge in [-0.15, -0.1) is 0 Å². The lowest BCUT2D eigenvalue weighted by atomic mass is 9.99. The second kappa shape index (κ2) is 6.05. The SMILES string of the molecule is Cc1cc2c(cc1C(=O)O)C(NC(=O)c1ccccc1Cl)CC2. The van der Waals surface area contributed by atoms with Gasteiger partial charge in [0.25, 0.3) is 5.91 Å². The van der Waals surface area contributed by atoms with Crippen molar-refractivity contribution in [1.29, 1.82) is 0 Å². The van der Waals surface area contributed by atoms with Crippen molar-refractivity contribution in [3.8, 4) is 0 Å². The fourth-order valence-corrected chi connectivity index (χ4v) is 3.26. The van der Waals surface area contributed by atoms with Crippen molar-refractivity contribution in [1.82, 2.24) is 5.32 Å². The first kappa shape index (κ1) is 15.6. The highest BCUT2D eigenvalue weighted by Crippen LogP contribution is 2.33. The van der Waals surface area contributed by atoms with Gasteiger partial charge < -0.3 is 10.4 Å². The van der Waals surface area contributed by atoms with Crippen LogP contribution in [0.4, 0.5) is 0 Å². The molecule has 0 saturated carbocycles. The minimum absolute atomic E-state index is 0.188. The smallest absolute Gasteiger partial charge is 0.335 e.